The van der Waals surface area contributed by atoms with Gasteiger partial charge in [-0.1, -0.05) is 42.0 Å². The molecule has 1 aromatic carbocycles. The highest BCUT2D eigenvalue weighted by atomic mass is 35.5. The second kappa shape index (κ2) is 5.97. The van der Waals surface area contributed by atoms with E-state index in [1.165, 1.54) is 0 Å². The monoisotopic (exact) mass is 333 g/mol. The Hall–Kier alpha value is -1.69. The lowest BCUT2D eigenvalue weighted by atomic mass is 10.1. The van der Waals surface area contributed by atoms with Crippen LogP contribution in [0.5, 0.6) is 0 Å². The molecule has 0 bridgehead atoms. The van der Waals surface area contributed by atoms with Gasteiger partial charge in [0.05, 0.1) is 11.4 Å². The Morgan fingerprint density at radius 1 is 1.38 bits per heavy atom. The molecule has 0 aliphatic rings. The van der Waals surface area contributed by atoms with E-state index in [1.807, 2.05) is 29.8 Å². The summed E-state index contributed by atoms with van der Waals surface area (Å²) in [5, 5.41) is 2.70. The smallest absolute Gasteiger partial charge is 0.150 e. The zero-order valence-electron chi connectivity index (χ0n) is 11.0. The molecule has 6 heteroatoms. The van der Waals surface area contributed by atoms with Gasteiger partial charge < -0.3 is 10.3 Å². The fourth-order valence-corrected chi connectivity index (χ4v) is 3.18. The number of benzene rings is 1. The van der Waals surface area contributed by atoms with Gasteiger partial charge in [0.2, 0.25) is 0 Å². The average Bonchev–Trinajstić information content (AvgIpc) is 3.11. The van der Waals surface area contributed by atoms with Crippen LogP contribution < -0.4 is 5.73 Å². The molecule has 2 N–H and O–H groups in total. The van der Waals surface area contributed by atoms with Crippen LogP contribution in [0.1, 0.15) is 11.1 Å². The molecule has 0 aliphatic heterocycles. The Morgan fingerprint density at radius 3 is 2.90 bits per heavy atom. The lowest BCUT2D eigenvalue weighted by Crippen LogP contribution is -2.10. The van der Waals surface area contributed by atoms with Gasteiger partial charge in [-0.15, -0.1) is 11.3 Å². The Labute approximate surface area is 137 Å². The van der Waals surface area contributed by atoms with Gasteiger partial charge in [0, 0.05) is 23.0 Å². The molecule has 0 saturated heterocycles. The summed E-state index contributed by atoms with van der Waals surface area (Å²) < 4.78 is 2.08. The van der Waals surface area contributed by atoms with Gasteiger partial charge in [0.15, 0.2) is 0 Å². The van der Waals surface area contributed by atoms with Crippen LogP contribution in [-0.2, 0) is 6.54 Å². The average molecular weight is 334 g/mol. The van der Waals surface area contributed by atoms with Crippen LogP contribution in [0, 0.1) is 0 Å². The molecule has 0 amide bonds. The Balaban J connectivity index is 1.91. The predicted molar refractivity (Wildman–Crippen MR) is 92.0 cm³/mol. The first-order chi connectivity index (χ1) is 10.1. The number of nitrogens with two attached hydrogens (primary N) is 1. The van der Waals surface area contributed by atoms with E-state index in [0.29, 0.717) is 16.6 Å². The number of thiophene rings is 1. The first kappa shape index (κ1) is 14.3. The van der Waals surface area contributed by atoms with E-state index in [1.54, 1.807) is 23.6 Å². The maximum absolute atomic E-state index is 6.32. The van der Waals surface area contributed by atoms with Gasteiger partial charge in [-0.25, -0.2) is 4.98 Å². The van der Waals surface area contributed by atoms with Gasteiger partial charge in [0.25, 0.3) is 0 Å². The van der Waals surface area contributed by atoms with Gasteiger partial charge in [-0.2, -0.15) is 0 Å². The highest BCUT2D eigenvalue weighted by molar-refractivity contribution is 7.80. The van der Waals surface area contributed by atoms with E-state index in [0.717, 1.165) is 21.8 Å². The lowest BCUT2D eigenvalue weighted by Gasteiger charge is -2.10. The van der Waals surface area contributed by atoms with Crippen LogP contribution in [0.2, 0.25) is 5.02 Å². The van der Waals surface area contributed by atoms with E-state index in [4.69, 9.17) is 29.6 Å². The third-order valence-electron chi connectivity index (χ3n) is 3.14. The summed E-state index contributed by atoms with van der Waals surface area (Å²) in [6, 6.07) is 9.73. The minimum absolute atomic E-state index is 0.352. The highest BCUT2D eigenvalue weighted by Crippen LogP contribution is 2.25. The van der Waals surface area contributed by atoms with Crippen molar-refractivity contribution in [3.8, 4) is 10.7 Å². The minimum Gasteiger partial charge on any atom is -0.389 e. The second-order valence-electron chi connectivity index (χ2n) is 4.53. The summed E-state index contributed by atoms with van der Waals surface area (Å²) in [5.41, 5.74) is 7.40. The molecule has 3 aromatic rings. The first-order valence-electron chi connectivity index (χ1n) is 6.28. The van der Waals surface area contributed by atoms with Crippen molar-refractivity contribution < 1.29 is 0 Å². The number of hydrogen-bond donors (Lipinski definition) is 1. The molecule has 3 rings (SSSR count). The maximum Gasteiger partial charge on any atom is 0.150 e. The van der Waals surface area contributed by atoms with Gasteiger partial charge in [0.1, 0.15) is 10.8 Å². The molecule has 0 unspecified atom stereocenters. The second-order valence-corrected chi connectivity index (χ2v) is 6.32. The summed E-state index contributed by atoms with van der Waals surface area (Å²) in [6.07, 6.45) is 3.75. The summed E-state index contributed by atoms with van der Waals surface area (Å²) in [4.78, 5) is 5.91. The Morgan fingerprint density at radius 2 is 2.24 bits per heavy atom. The fraction of sp³-hybridized carbons (Fsp3) is 0.0667. The van der Waals surface area contributed by atoms with E-state index < -0.39 is 0 Å². The third-order valence-corrected chi connectivity index (χ3v) is 4.59. The number of aromatic nitrogens is 2. The van der Waals surface area contributed by atoms with Crippen molar-refractivity contribution in [1.29, 1.82) is 0 Å². The van der Waals surface area contributed by atoms with Gasteiger partial charge in [-0.05, 0) is 23.1 Å². The molecule has 0 fully saturated rings. The lowest BCUT2D eigenvalue weighted by molar-refractivity contribution is 0.809. The van der Waals surface area contributed by atoms with Crippen molar-refractivity contribution in [2.45, 2.75) is 6.54 Å². The number of halogens is 1. The number of imidazole rings is 1. The molecule has 0 spiro atoms. The fourth-order valence-electron chi connectivity index (χ4n) is 2.08. The summed E-state index contributed by atoms with van der Waals surface area (Å²) in [7, 11) is 0. The van der Waals surface area contributed by atoms with Crippen molar-refractivity contribution >= 4 is 40.1 Å². The van der Waals surface area contributed by atoms with E-state index in [9.17, 15) is 0 Å². The molecule has 2 heterocycles. The Bertz CT molecular complexity index is 778. The van der Waals surface area contributed by atoms with Gasteiger partial charge in [-0.3, -0.25) is 0 Å². The van der Waals surface area contributed by atoms with Crippen LogP contribution in [0.4, 0.5) is 0 Å². The number of thiocarbonyl (C=S) groups is 1. The maximum atomic E-state index is 6.32. The number of rotatable bonds is 4. The molecule has 0 radical (unpaired) electrons. The highest BCUT2D eigenvalue weighted by Gasteiger charge is 2.10. The zero-order chi connectivity index (χ0) is 14.8. The molecular weight excluding hydrogens is 322 g/mol. The van der Waals surface area contributed by atoms with Crippen LogP contribution in [0.15, 0.2) is 48.1 Å². The zero-order valence-corrected chi connectivity index (χ0v) is 13.4. The van der Waals surface area contributed by atoms with Crippen molar-refractivity contribution in [3.63, 3.8) is 0 Å². The number of nitrogens with zero attached hydrogens (tertiary/aromatic N) is 2. The van der Waals surface area contributed by atoms with E-state index in [2.05, 4.69) is 15.6 Å². The van der Waals surface area contributed by atoms with Crippen LogP contribution in [0.25, 0.3) is 10.7 Å². The molecule has 106 valence electrons. The third kappa shape index (κ3) is 3.00. The molecule has 0 aliphatic carbocycles. The molecule has 3 nitrogen and oxygen atoms in total. The largest absolute Gasteiger partial charge is 0.389 e. The van der Waals surface area contributed by atoms with Crippen LogP contribution >= 0.6 is 35.2 Å². The molecule has 0 saturated carbocycles. The molecule has 21 heavy (non-hydrogen) atoms. The van der Waals surface area contributed by atoms with Crippen molar-refractivity contribution in [2.24, 2.45) is 5.73 Å². The SMILES string of the molecule is NC(=S)c1ccc(Cn2ccnc2-c2cccs2)c(Cl)c1. The van der Waals surface area contributed by atoms with Crippen molar-refractivity contribution in [1.82, 2.24) is 9.55 Å². The first-order valence-corrected chi connectivity index (χ1v) is 7.95. The van der Waals surface area contributed by atoms with Crippen LogP contribution in [-0.4, -0.2) is 14.5 Å². The predicted octanol–water partition coefficient (Wildman–Crippen LogP) is 3.95. The summed E-state index contributed by atoms with van der Waals surface area (Å²) in [5.74, 6) is 0.944. The standard InChI is InChI=1S/C15H12ClN3S2/c16-12-8-10(14(17)20)3-4-11(12)9-19-6-5-18-15(19)13-2-1-7-21-13/h1-8H,9H2,(H2,17,20). The normalized spacial score (nSPS) is 10.7. The molecule has 2 aromatic heterocycles. The topological polar surface area (TPSA) is 43.8 Å². The number of hydrogen-bond acceptors (Lipinski definition) is 3. The molecular formula is C15H12ClN3S2. The molecule has 0 atom stereocenters. The Kier molecular flexibility index (Phi) is 4.05. The van der Waals surface area contributed by atoms with E-state index in [-0.39, 0.29) is 0 Å². The van der Waals surface area contributed by atoms with Crippen molar-refractivity contribution in [3.05, 3.63) is 64.3 Å². The quantitative estimate of drug-likeness (QED) is 0.735. The summed E-state index contributed by atoms with van der Waals surface area (Å²) in [6.45, 7) is 0.656. The van der Waals surface area contributed by atoms with E-state index >= 15 is 0 Å². The van der Waals surface area contributed by atoms with Gasteiger partial charge >= 0.3 is 0 Å². The summed E-state index contributed by atoms with van der Waals surface area (Å²) >= 11 is 12.9. The van der Waals surface area contributed by atoms with Crippen LogP contribution in [0.3, 0.4) is 0 Å². The minimum atomic E-state index is 0.352. The van der Waals surface area contributed by atoms with Crippen molar-refractivity contribution in [2.75, 3.05) is 0 Å².